The number of alkyl halides is 1. The van der Waals surface area contributed by atoms with E-state index in [0.717, 1.165) is 18.4 Å². The van der Waals surface area contributed by atoms with Crippen LogP contribution in [-0.2, 0) is 0 Å². The minimum atomic E-state index is -0.835. The number of aliphatic hydroxyl groups is 1. The van der Waals surface area contributed by atoms with Crippen molar-refractivity contribution in [3.63, 3.8) is 0 Å². The zero-order chi connectivity index (χ0) is 18.2. The van der Waals surface area contributed by atoms with Crippen molar-refractivity contribution in [3.8, 4) is 11.3 Å². The van der Waals surface area contributed by atoms with Crippen LogP contribution in [0.4, 0.5) is 0 Å². The van der Waals surface area contributed by atoms with E-state index in [2.05, 4.69) is 27.7 Å². The number of nitrogens with zero attached hydrogens (tertiary/aromatic N) is 2. The van der Waals surface area contributed by atoms with Gasteiger partial charge in [0, 0.05) is 23.0 Å². The first-order valence-electron chi connectivity index (χ1n) is 8.17. The summed E-state index contributed by atoms with van der Waals surface area (Å²) in [7, 11) is 0. The maximum atomic E-state index is 13.1. The number of hydrogen-bond donors (Lipinski definition) is 1. The predicted molar refractivity (Wildman–Crippen MR) is 105 cm³/mol. The number of likely N-dealkylation sites (tertiary alicyclic amines) is 1. The highest BCUT2D eigenvalue weighted by atomic mass is 127. The number of benzene rings is 1. The summed E-state index contributed by atoms with van der Waals surface area (Å²) in [6, 6.07) is 7.11. The molecule has 1 amide bonds. The van der Waals surface area contributed by atoms with Gasteiger partial charge in [0.25, 0.3) is 5.91 Å². The van der Waals surface area contributed by atoms with Gasteiger partial charge < -0.3 is 14.5 Å². The second kappa shape index (κ2) is 7.25. The molecular formula is C18H20ClIN2O3. The third-order valence-electron chi connectivity index (χ3n) is 4.62. The molecule has 1 aromatic carbocycles. The molecule has 1 saturated heterocycles. The second-order valence-corrected chi connectivity index (χ2v) is 8.56. The van der Waals surface area contributed by atoms with Crippen molar-refractivity contribution in [1.82, 2.24) is 10.1 Å². The summed E-state index contributed by atoms with van der Waals surface area (Å²) in [5.41, 5.74) is 0.352. The van der Waals surface area contributed by atoms with E-state index in [1.54, 1.807) is 43.0 Å². The van der Waals surface area contributed by atoms with Crippen LogP contribution in [0.3, 0.4) is 0 Å². The number of amides is 1. The van der Waals surface area contributed by atoms with E-state index in [1.165, 1.54) is 6.20 Å². The van der Waals surface area contributed by atoms with Gasteiger partial charge in [0.2, 0.25) is 0 Å². The third-order valence-corrected chi connectivity index (χ3v) is 6.41. The highest BCUT2D eigenvalue weighted by Crippen LogP contribution is 2.37. The lowest BCUT2D eigenvalue weighted by molar-refractivity contribution is -0.0191. The maximum Gasteiger partial charge on any atom is 0.260 e. The van der Waals surface area contributed by atoms with Gasteiger partial charge in [0.1, 0.15) is 5.56 Å². The Morgan fingerprint density at radius 3 is 2.72 bits per heavy atom. The highest BCUT2D eigenvalue weighted by molar-refractivity contribution is 14.1. The van der Waals surface area contributed by atoms with Gasteiger partial charge in [-0.25, -0.2) is 0 Å². The molecule has 3 rings (SSSR count). The van der Waals surface area contributed by atoms with Crippen LogP contribution in [-0.4, -0.2) is 37.3 Å². The van der Waals surface area contributed by atoms with Crippen LogP contribution in [0, 0.1) is 5.92 Å². The van der Waals surface area contributed by atoms with Crippen LogP contribution in [0.5, 0.6) is 0 Å². The van der Waals surface area contributed by atoms with Crippen LogP contribution in [0.2, 0.25) is 5.02 Å². The molecule has 1 aromatic heterocycles. The monoisotopic (exact) mass is 474 g/mol. The van der Waals surface area contributed by atoms with Gasteiger partial charge in [-0.2, -0.15) is 0 Å². The first-order chi connectivity index (χ1) is 11.8. The molecule has 1 N–H and O–H groups in total. The number of carbonyl (C=O) groups excluding carboxylic acids is 1. The first kappa shape index (κ1) is 18.7. The van der Waals surface area contributed by atoms with E-state index in [1.807, 2.05) is 0 Å². The molecule has 134 valence electrons. The van der Waals surface area contributed by atoms with Gasteiger partial charge in [0.15, 0.2) is 5.76 Å². The fourth-order valence-corrected chi connectivity index (χ4v) is 5.12. The summed E-state index contributed by atoms with van der Waals surface area (Å²) in [6.45, 7) is 4.26. The number of aromatic nitrogens is 1. The summed E-state index contributed by atoms with van der Waals surface area (Å²) in [6.07, 6.45) is 3.22. The van der Waals surface area contributed by atoms with Crippen molar-refractivity contribution >= 4 is 40.1 Å². The molecule has 0 radical (unpaired) electrons. The molecule has 0 saturated carbocycles. The predicted octanol–water partition coefficient (Wildman–Crippen LogP) is 4.38. The minimum absolute atomic E-state index is 0.0182. The third kappa shape index (κ3) is 3.85. The van der Waals surface area contributed by atoms with Gasteiger partial charge in [0.05, 0.1) is 15.8 Å². The fourth-order valence-electron chi connectivity index (χ4n) is 3.22. The Morgan fingerprint density at radius 2 is 2.08 bits per heavy atom. The van der Waals surface area contributed by atoms with Crippen molar-refractivity contribution in [3.05, 3.63) is 41.0 Å². The highest BCUT2D eigenvalue weighted by Gasteiger charge is 2.41. The number of carbonyl (C=O) groups is 1. The average Bonchev–Trinajstić information content (AvgIpc) is 3.03. The molecule has 1 aliphatic rings. The Hall–Kier alpha value is -1.12. The lowest BCUT2D eigenvalue weighted by Gasteiger charge is -2.43. The molecule has 1 aliphatic heterocycles. The molecule has 7 heteroatoms. The standard InChI is InChI=1S/C18H20ClIN2O3/c1-18(2,24)14-4-3-9-22(16(14)20)17(23)13-10-21-25-15(13)11-5-7-12(19)8-6-11/h5-8,10,14,16,24H,3-4,9H2,1-2H3/t14-,16?/m1/s1. The van der Waals surface area contributed by atoms with Gasteiger partial charge in [-0.05, 0) is 51.0 Å². The number of rotatable bonds is 3. The molecule has 1 unspecified atom stereocenters. The number of halogens is 2. The Morgan fingerprint density at radius 1 is 1.40 bits per heavy atom. The lowest BCUT2D eigenvalue weighted by Crippen LogP contribution is -2.51. The molecular weight excluding hydrogens is 455 g/mol. The topological polar surface area (TPSA) is 66.6 Å². The molecule has 2 heterocycles. The molecule has 5 nitrogen and oxygen atoms in total. The second-order valence-electron chi connectivity index (χ2n) is 6.85. The molecule has 2 atom stereocenters. The van der Waals surface area contributed by atoms with E-state index in [0.29, 0.717) is 22.9 Å². The summed E-state index contributed by atoms with van der Waals surface area (Å²) < 4.78 is 5.25. The van der Waals surface area contributed by atoms with E-state index >= 15 is 0 Å². The van der Waals surface area contributed by atoms with Crippen LogP contribution in [0.25, 0.3) is 11.3 Å². The van der Waals surface area contributed by atoms with Crippen molar-refractivity contribution in [1.29, 1.82) is 0 Å². The van der Waals surface area contributed by atoms with Crippen LogP contribution in [0.1, 0.15) is 37.0 Å². The van der Waals surface area contributed by atoms with Crippen molar-refractivity contribution in [2.45, 2.75) is 36.3 Å². The molecule has 0 bridgehead atoms. The maximum absolute atomic E-state index is 13.1. The summed E-state index contributed by atoms with van der Waals surface area (Å²) >= 11 is 8.18. The van der Waals surface area contributed by atoms with Gasteiger partial charge >= 0.3 is 0 Å². The average molecular weight is 475 g/mol. The van der Waals surface area contributed by atoms with Crippen molar-refractivity contribution in [2.24, 2.45) is 5.92 Å². The summed E-state index contributed by atoms with van der Waals surface area (Å²) in [5.74, 6) is 0.333. The number of piperidine rings is 1. The first-order valence-corrected chi connectivity index (χ1v) is 9.79. The lowest BCUT2D eigenvalue weighted by atomic mass is 9.84. The zero-order valence-electron chi connectivity index (χ0n) is 14.1. The molecule has 1 fully saturated rings. The van der Waals surface area contributed by atoms with Crippen LogP contribution < -0.4 is 0 Å². The van der Waals surface area contributed by atoms with Crippen LogP contribution >= 0.6 is 34.2 Å². The Labute approximate surface area is 165 Å². The summed E-state index contributed by atoms with van der Waals surface area (Å²) in [4.78, 5) is 14.9. The Kier molecular flexibility index (Phi) is 5.41. The zero-order valence-corrected chi connectivity index (χ0v) is 17.0. The fraction of sp³-hybridized carbons (Fsp3) is 0.444. The smallest absolute Gasteiger partial charge is 0.260 e. The van der Waals surface area contributed by atoms with Gasteiger partial charge in [-0.3, -0.25) is 4.79 Å². The minimum Gasteiger partial charge on any atom is -0.390 e. The largest absolute Gasteiger partial charge is 0.390 e. The van der Waals surface area contributed by atoms with Crippen LogP contribution in [0.15, 0.2) is 35.0 Å². The van der Waals surface area contributed by atoms with Crippen molar-refractivity contribution < 1.29 is 14.4 Å². The Balaban J connectivity index is 1.89. The number of hydrogen-bond acceptors (Lipinski definition) is 4. The molecule has 0 spiro atoms. The SMILES string of the molecule is CC(C)(O)[C@@H]1CCCN(C(=O)c2cnoc2-c2ccc(Cl)cc2)C1I. The normalized spacial score (nSPS) is 21.4. The van der Waals surface area contributed by atoms with Gasteiger partial charge in [-0.1, -0.05) is 39.3 Å². The quantitative estimate of drug-likeness (QED) is 0.407. The molecule has 2 aromatic rings. The summed E-state index contributed by atoms with van der Waals surface area (Å²) in [5, 5.41) is 14.9. The van der Waals surface area contributed by atoms with E-state index in [4.69, 9.17) is 16.1 Å². The van der Waals surface area contributed by atoms with E-state index < -0.39 is 5.60 Å². The Bertz CT molecular complexity index is 754. The van der Waals surface area contributed by atoms with E-state index in [9.17, 15) is 9.90 Å². The van der Waals surface area contributed by atoms with Crippen molar-refractivity contribution in [2.75, 3.05) is 6.54 Å². The molecule has 25 heavy (non-hydrogen) atoms. The van der Waals surface area contributed by atoms with Gasteiger partial charge in [-0.15, -0.1) is 0 Å². The van der Waals surface area contributed by atoms with E-state index in [-0.39, 0.29) is 15.9 Å². The molecule has 0 aliphatic carbocycles.